The third-order valence-electron chi connectivity index (χ3n) is 4.53. The van der Waals surface area contributed by atoms with E-state index in [0.29, 0.717) is 47.4 Å². The van der Waals surface area contributed by atoms with Crippen molar-refractivity contribution in [3.8, 4) is 17.2 Å². The molecule has 0 fully saturated rings. The maximum atomic E-state index is 13.1. The smallest absolute Gasteiger partial charge is 0.416 e. The summed E-state index contributed by atoms with van der Waals surface area (Å²) in [6, 6.07) is 7.61. The number of aromatic nitrogens is 1. The number of H-pyrrole nitrogens is 1. The van der Waals surface area contributed by atoms with E-state index in [0.717, 1.165) is 12.1 Å². The number of halogens is 3. The van der Waals surface area contributed by atoms with Crippen LogP contribution < -0.4 is 26.1 Å². The fourth-order valence-corrected chi connectivity index (χ4v) is 3.15. The van der Waals surface area contributed by atoms with Crippen LogP contribution in [0.2, 0.25) is 0 Å². The summed E-state index contributed by atoms with van der Waals surface area (Å²) in [6.45, 7) is 2.78. The van der Waals surface area contributed by atoms with Gasteiger partial charge in [0.1, 0.15) is 5.75 Å². The summed E-state index contributed by atoms with van der Waals surface area (Å²) in [6.07, 6.45) is -3.79. The Kier molecular flexibility index (Phi) is 6.21. The van der Waals surface area contributed by atoms with Crippen LogP contribution in [0.3, 0.4) is 0 Å². The number of fused-ring (bicyclic) bond motifs is 1. The van der Waals surface area contributed by atoms with Gasteiger partial charge < -0.3 is 25.5 Å². The highest BCUT2D eigenvalue weighted by molar-refractivity contribution is 5.99. The first kappa shape index (κ1) is 21.5. The Morgan fingerprint density at radius 2 is 1.97 bits per heavy atom. The molecule has 0 aliphatic heterocycles. The highest BCUT2D eigenvalue weighted by atomic mass is 19.4. The maximum absolute atomic E-state index is 13.1. The second-order valence-corrected chi connectivity index (χ2v) is 6.72. The summed E-state index contributed by atoms with van der Waals surface area (Å²) in [5.74, 6) is 0.522. The van der Waals surface area contributed by atoms with Gasteiger partial charge in [0, 0.05) is 24.1 Å². The van der Waals surface area contributed by atoms with Gasteiger partial charge in [-0.25, -0.2) is 0 Å². The van der Waals surface area contributed by atoms with Crippen LogP contribution in [0.5, 0.6) is 17.2 Å². The molecule has 0 aliphatic rings. The molecule has 1 heterocycles. The summed E-state index contributed by atoms with van der Waals surface area (Å²) in [5.41, 5.74) is 6.08. The summed E-state index contributed by atoms with van der Waals surface area (Å²) >= 11 is 0. The number of anilines is 1. The van der Waals surface area contributed by atoms with Crippen molar-refractivity contribution in [2.45, 2.75) is 19.5 Å². The van der Waals surface area contributed by atoms with Crippen molar-refractivity contribution in [2.75, 3.05) is 25.5 Å². The van der Waals surface area contributed by atoms with Gasteiger partial charge in [-0.1, -0.05) is 6.07 Å². The molecule has 0 aliphatic carbocycles. The van der Waals surface area contributed by atoms with Gasteiger partial charge in [-0.05, 0) is 43.7 Å². The van der Waals surface area contributed by atoms with Crippen molar-refractivity contribution in [3.05, 3.63) is 57.9 Å². The highest BCUT2D eigenvalue weighted by Gasteiger charge is 2.31. The molecule has 0 saturated heterocycles. The molecule has 0 spiro atoms. The molecule has 9 heteroatoms. The van der Waals surface area contributed by atoms with E-state index in [2.05, 4.69) is 10.3 Å². The van der Waals surface area contributed by atoms with E-state index in [1.807, 2.05) is 0 Å². The first-order valence-electron chi connectivity index (χ1n) is 9.28. The molecule has 0 radical (unpaired) electrons. The van der Waals surface area contributed by atoms with Gasteiger partial charge in [-0.15, -0.1) is 0 Å². The van der Waals surface area contributed by atoms with E-state index >= 15 is 0 Å². The van der Waals surface area contributed by atoms with E-state index in [1.165, 1.54) is 25.3 Å². The van der Waals surface area contributed by atoms with Gasteiger partial charge in [0.25, 0.3) is 0 Å². The third kappa shape index (κ3) is 4.51. The van der Waals surface area contributed by atoms with Crippen molar-refractivity contribution >= 4 is 16.6 Å². The monoisotopic (exact) mass is 421 g/mol. The van der Waals surface area contributed by atoms with Crippen molar-refractivity contribution in [3.63, 3.8) is 0 Å². The Labute approximate surface area is 170 Å². The van der Waals surface area contributed by atoms with Crippen LogP contribution in [0.25, 0.3) is 10.9 Å². The average molecular weight is 421 g/mol. The van der Waals surface area contributed by atoms with Crippen molar-refractivity contribution in [1.29, 1.82) is 0 Å². The van der Waals surface area contributed by atoms with E-state index in [1.54, 1.807) is 13.0 Å². The van der Waals surface area contributed by atoms with Crippen molar-refractivity contribution in [2.24, 2.45) is 5.73 Å². The molecule has 160 valence electrons. The summed E-state index contributed by atoms with van der Waals surface area (Å²) < 4.78 is 50.5. The number of rotatable bonds is 7. The molecule has 6 nitrogen and oxygen atoms in total. The SMILES string of the molecule is COc1cc(NCCCN)c2[nH]c(=O)cc(C)c2c1Oc1cccc(C(F)(F)F)c1. The number of nitrogens with two attached hydrogens (primary N) is 1. The van der Waals surface area contributed by atoms with Crippen LogP contribution in [-0.2, 0) is 6.18 Å². The van der Waals surface area contributed by atoms with E-state index < -0.39 is 11.7 Å². The minimum Gasteiger partial charge on any atom is -0.493 e. The molecular weight excluding hydrogens is 399 g/mol. The number of aromatic amines is 1. The van der Waals surface area contributed by atoms with Crippen LogP contribution in [0.1, 0.15) is 17.5 Å². The number of benzene rings is 2. The maximum Gasteiger partial charge on any atom is 0.416 e. The molecular formula is C21H22F3N3O3. The Hall–Kier alpha value is -3.20. The Bertz CT molecular complexity index is 1110. The predicted molar refractivity (Wildman–Crippen MR) is 110 cm³/mol. The number of nitrogens with one attached hydrogen (secondary N) is 2. The molecule has 0 saturated carbocycles. The van der Waals surface area contributed by atoms with E-state index in [-0.39, 0.29) is 17.1 Å². The fraction of sp³-hybridized carbons (Fsp3) is 0.286. The molecule has 2 aromatic carbocycles. The van der Waals surface area contributed by atoms with E-state index in [9.17, 15) is 18.0 Å². The lowest BCUT2D eigenvalue weighted by molar-refractivity contribution is -0.137. The van der Waals surface area contributed by atoms with Crippen LogP contribution in [-0.4, -0.2) is 25.2 Å². The number of aryl methyl sites for hydroxylation is 1. The first-order valence-corrected chi connectivity index (χ1v) is 9.28. The fourth-order valence-electron chi connectivity index (χ4n) is 3.15. The lowest BCUT2D eigenvalue weighted by Crippen LogP contribution is -2.12. The number of ether oxygens (including phenoxy) is 2. The zero-order chi connectivity index (χ0) is 21.9. The number of hydrogen-bond acceptors (Lipinski definition) is 5. The minimum atomic E-state index is -4.50. The third-order valence-corrected chi connectivity index (χ3v) is 4.53. The zero-order valence-electron chi connectivity index (χ0n) is 16.5. The number of methoxy groups -OCH3 is 1. The van der Waals surface area contributed by atoms with Crippen molar-refractivity contribution in [1.82, 2.24) is 4.98 Å². The first-order chi connectivity index (χ1) is 14.2. The van der Waals surface area contributed by atoms with Gasteiger partial charge in [-0.2, -0.15) is 13.2 Å². The molecule has 4 N–H and O–H groups in total. The highest BCUT2D eigenvalue weighted by Crippen LogP contribution is 2.43. The normalized spacial score (nSPS) is 11.5. The summed E-state index contributed by atoms with van der Waals surface area (Å²) in [5, 5.41) is 3.73. The molecule has 0 bridgehead atoms. The van der Waals surface area contributed by atoms with Crippen LogP contribution in [0.4, 0.5) is 18.9 Å². The van der Waals surface area contributed by atoms with E-state index in [4.69, 9.17) is 15.2 Å². The lowest BCUT2D eigenvalue weighted by Gasteiger charge is -2.18. The molecule has 30 heavy (non-hydrogen) atoms. The molecule has 3 aromatic rings. The number of hydrogen-bond donors (Lipinski definition) is 3. The largest absolute Gasteiger partial charge is 0.493 e. The van der Waals surface area contributed by atoms with Crippen LogP contribution in [0, 0.1) is 6.92 Å². The Balaban J connectivity index is 2.17. The Morgan fingerprint density at radius 3 is 2.63 bits per heavy atom. The van der Waals surface area contributed by atoms with Crippen LogP contribution in [0.15, 0.2) is 41.2 Å². The summed E-state index contributed by atoms with van der Waals surface area (Å²) in [4.78, 5) is 14.8. The predicted octanol–water partition coefficient (Wildman–Crippen LogP) is 4.42. The minimum absolute atomic E-state index is 0.00105. The van der Waals surface area contributed by atoms with Crippen LogP contribution >= 0.6 is 0 Å². The summed E-state index contributed by atoms with van der Waals surface area (Å²) in [7, 11) is 1.44. The molecule has 0 unspecified atom stereocenters. The molecule has 0 atom stereocenters. The quantitative estimate of drug-likeness (QED) is 0.492. The van der Waals surface area contributed by atoms with Gasteiger partial charge >= 0.3 is 6.18 Å². The number of pyridine rings is 1. The molecule has 0 amide bonds. The van der Waals surface area contributed by atoms with Gasteiger partial charge in [-0.3, -0.25) is 4.79 Å². The second kappa shape index (κ2) is 8.66. The van der Waals surface area contributed by atoms with Crippen molar-refractivity contribution < 1.29 is 22.6 Å². The Morgan fingerprint density at radius 1 is 1.20 bits per heavy atom. The lowest BCUT2D eigenvalue weighted by atomic mass is 10.1. The van der Waals surface area contributed by atoms with Gasteiger partial charge in [0.15, 0.2) is 11.5 Å². The molecule has 3 rings (SSSR count). The standard InChI is InChI=1S/C21H22F3N3O3/c1-12-9-17(28)27-19-15(26-8-4-7-25)11-16(29-2)20(18(12)19)30-14-6-3-5-13(10-14)21(22,23)24/h3,5-6,9-11,26H,4,7-8,25H2,1-2H3,(H,27,28). The van der Waals surface area contributed by atoms with Gasteiger partial charge in [0.2, 0.25) is 5.56 Å². The second-order valence-electron chi connectivity index (χ2n) is 6.72. The number of alkyl halides is 3. The molecule has 1 aromatic heterocycles. The van der Waals surface area contributed by atoms with Gasteiger partial charge in [0.05, 0.1) is 23.9 Å². The average Bonchev–Trinajstić information content (AvgIpc) is 2.68. The topological polar surface area (TPSA) is 89.4 Å². The zero-order valence-corrected chi connectivity index (χ0v) is 16.5.